The summed E-state index contributed by atoms with van der Waals surface area (Å²) in [4.78, 5) is 24.7. The number of carbonyl (C=O) groups is 1. The molecule has 2 heterocycles. The van der Waals surface area contributed by atoms with Gasteiger partial charge in [0.2, 0.25) is 0 Å². The van der Waals surface area contributed by atoms with Gasteiger partial charge in [-0.3, -0.25) is 4.79 Å². The SMILES string of the molecule is Cc1cc(C)cc(CNC(=O)c2cnc(C)nc2C2CCN(CCc3ccccc3)CC2)c1. The Morgan fingerprint density at radius 2 is 1.70 bits per heavy atom. The molecule has 2 aromatic carbocycles. The number of nitrogens with zero attached hydrogens (tertiary/aromatic N) is 3. The van der Waals surface area contributed by atoms with Crippen molar-refractivity contribution in [2.24, 2.45) is 0 Å². The molecule has 4 rings (SSSR count). The van der Waals surface area contributed by atoms with E-state index in [2.05, 4.69) is 77.6 Å². The third-order valence-electron chi connectivity index (χ3n) is 6.45. The predicted octanol–water partition coefficient (Wildman–Crippen LogP) is 4.75. The number of aromatic nitrogens is 2. The van der Waals surface area contributed by atoms with Crippen LogP contribution >= 0.6 is 0 Å². The number of nitrogens with one attached hydrogen (secondary N) is 1. The number of hydrogen-bond donors (Lipinski definition) is 1. The summed E-state index contributed by atoms with van der Waals surface area (Å²) in [5.41, 5.74) is 6.43. The normalized spacial score (nSPS) is 14.9. The quantitative estimate of drug-likeness (QED) is 0.573. The van der Waals surface area contributed by atoms with Crippen molar-refractivity contribution >= 4 is 5.91 Å². The van der Waals surface area contributed by atoms with Crippen LogP contribution in [-0.4, -0.2) is 40.4 Å². The van der Waals surface area contributed by atoms with E-state index in [0.717, 1.165) is 56.0 Å². The second kappa shape index (κ2) is 10.7. The summed E-state index contributed by atoms with van der Waals surface area (Å²) in [5.74, 6) is 0.930. The highest BCUT2D eigenvalue weighted by molar-refractivity contribution is 5.95. The molecule has 0 saturated carbocycles. The van der Waals surface area contributed by atoms with E-state index in [1.807, 2.05) is 6.92 Å². The summed E-state index contributed by atoms with van der Waals surface area (Å²) in [6, 6.07) is 17.0. The molecule has 0 bridgehead atoms. The Morgan fingerprint density at radius 1 is 1.00 bits per heavy atom. The smallest absolute Gasteiger partial charge is 0.254 e. The van der Waals surface area contributed by atoms with Gasteiger partial charge in [0.1, 0.15) is 5.82 Å². The van der Waals surface area contributed by atoms with Gasteiger partial charge in [-0.25, -0.2) is 9.97 Å². The van der Waals surface area contributed by atoms with Gasteiger partial charge in [-0.05, 0) is 64.3 Å². The molecular weight excluding hydrogens is 408 g/mol. The van der Waals surface area contributed by atoms with Gasteiger partial charge in [0.05, 0.1) is 11.3 Å². The Labute approximate surface area is 197 Å². The van der Waals surface area contributed by atoms with Gasteiger partial charge in [0.25, 0.3) is 5.91 Å². The minimum atomic E-state index is -0.0873. The van der Waals surface area contributed by atoms with Gasteiger partial charge in [0.15, 0.2) is 0 Å². The fraction of sp³-hybridized carbons (Fsp3) is 0.393. The summed E-state index contributed by atoms with van der Waals surface area (Å²) in [5, 5.41) is 3.09. The molecule has 0 aliphatic carbocycles. The number of carbonyl (C=O) groups excluding carboxylic acids is 1. The summed E-state index contributed by atoms with van der Waals surface area (Å²) in [6.07, 6.45) is 4.81. The van der Waals surface area contributed by atoms with Gasteiger partial charge in [0, 0.05) is 25.2 Å². The maximum absolute atomic E-state index is 13.1. The highest BCUT2D eigenvalue weighted by Crippen LogP contribution is 2.29. The van der Waals surface area contributed by atoms with E-state index in [-0.39, 0.29) is 5.91 Å². The van der Waals surface area contributed by atoms with Gasteiger partial charge in [-0.15, -0.1) is 0 Å². The molecule has 0 unspecified atom stereocenters. The van der Waals surface area contributed by atoms with Crippen LogP contribution in [0.2, 0.25) is 0 Å². The molecule has 33 heavy (non-hydrogen) atoms. The fourth-order valence-electron chi connectivity index (χ4n) is 4.78. The number of benzene rings is 2. The van der Waals surface area contributed by atoms with Crippen molar-refractivity contribution in [2.45, 2.75) is 52.5 Å². The topological polar surface area (TPSA) is 58.1 Å². The molecular formula is C28H34N4O. The lowest BCUT2D eigenvalue weighted by molar-refractivity contribution is 0.0947. The van der Waals surface area contributed by atoms with E-state index >= 15 is 0 Å². The molecule has 0 spiro atoms. The third kappa shape index (κ3) is 6.26. The summed E-state index contributed by atoms with van der Waals surface area (Å²) in [6.45, 7) is 9.70. The van der Waals surface area contributed by atoms with Crippen molar-refractivity contribution in [3.63, 3.8) is 0 Å². The molecule has 172 valence electrons. The second-order valence-corrected chi connectivity index (χ2v) is 9.25. The molecule has 0 radical (unpaired) electrons. The van der Waals surface area contributed by atoms with Crippen molar-refractivity contribution in [2.75, 3.05) is 19.6 Å². The van der Waals surface area contributed by atoms with Crippen LogP contribution in [-0.2, 0) is 13.0 Å². The first kappa shape index (κ1) is 23.1. The monoisotopic (exact) mass is 442 g/mol. The molecule has 1 saturated heterocycles. The van der Waals surface area contributed by atoms with Gasteiger partial charge < -0.3 is 10.2 Å². The Balaban J connectivity index is 1.38. The van der Waals surface area contributed by atoms with E-state index in [9.17, 15) is 4.79 Å². The van der Waals surface area contributed by atoms with E-state index < -0.39 is 0 Å². The maximum Gasteiger partial charge on any atom is 0.254 e. The largest absolute Gasteiger partial charge is 0.348 e. The van der Waals surface area contributed by atoms with Crippen LogP contribution in [0.5, 0.6) is 0 Å². The number of amides is 1. The maximum atomic E-state index is 13.1. The molecule has 1 amide bonds. The number of piperidine rings is 1. The van der Waals surface area contributed by atoms with Crippen molar-refractivity contribution in [1.29, 1.82) is 0 Å². The Morgan fingerprint density at radius 3 is 2.39 bits per heavy atom. The van der Waals surface area contributed by atoms with Crippen LogP contribution in [0.4, 0.5) is 0 Å². The van der Waals surface area contributed by atoms with Crippen molar-refractivity contribution in [3.8, 4) is 0 Å². The zero-order valence-electron chi connectivity index (χ0n) is 20.0. The van der Waals surface area contributed by atoms with Gasteiger partial charge >= 0.3 is 0 Å². The van der Waals surface area contributed by atoms with Crippen LogP contribution in [0.25, 0.3) is 0 Å². The van der Waals surface area contributed by atoms with Crippen LogP contribution in [0.15, 0.2) is 54.7 Å². The highest BCUT2D eigenvalue weighted by Gasteiger charge is 2.26. The van der Waals surface area contributed by atoms with E-state index in [4.69, 9.17) is 4.98 Å². The first-order valence-corrected chi connectivity index (χ1v) is 11.9. The average molecular weight is 443 g/mol. The first-order chi connectivity index (χ1) is 16.0. The van der Waals surface area contributed by atoms with Crippen molar-refractivity contribution in [1.82, 2.24) is 20.2 Å². The predicted molar refractivity (Wildman–Crippen MR) is 132 cm³/mol. The lowest BCUT2D eigenvalue weighted by Gasteiger charge is -2.32. The number of rotatable bonds is 7. The van der Waals surface area contributed by atoms with E-state index in [1.54, 1.807) is 6.20 Å². The number of hydrogen-bond acceptors (Lipinski definition) is 4. The zero-order chi connectivity index (χ0) is 23.2. The first-order valence-electron chi connectivity index (χ1n) is 11.9. The zero-order valence-corrected chi connectivity index (χ0v) is 20.0. The fourth-order valence-corrected chi connectivity index (χ4v) is 4.78. The molecule has 5 nitrogen and oxygen atoms in total. The van der Waals surface area contributed by atoms with Crippen molar-refractivity contribution in [3.05, 3.63) is 94.1 Å². The van der Waals surface area contributed by atoms with Gasteiger partial charge in [-0.1, -0.05) is 59.7 Å². The highest BCUT2D eigenvalue weighted by atomic mass is 16.1. The second-order valence-electron chi connectivity index (χ2n) is 9.25. The molecule has 1 aliphatic heterocycles. The molecule has 5 heteroatoms. The van der Waals surface area contributed by atoms with E-state index in [0.29, 0.717) is 18.0 Å². The minimum absolute atomic E-state index is 0.0873. The Kier molecular flexibility index (Phi) is 7.50. The number of aryl methyl sites for hydroxylation is 3. The molecule has 1 aromatic heterocycles. The average Bonchev–Trinajstić information content (AvgIpc) is 2.81. The third-order valence-corrected chi connectivity index (χ3v) is 6.45. The van der Waals surface area contributed by atoms with Crippen LogP contribution in [0.1, 0.15) is 62.9 Å². The molecule has 1 fully saturated rings. The standard InChI is InChI=1S/C28H34N4O/c1-20-15-21(2)17-24(16-20)18-30-28(33)26-19-29-22(3)31-27(26)25-10-13-32(14-11-25)12-9-23-7-5-4-6-8-23/h4-8,15-17,19,25H,9-14,18H2,1-3H3,(H,30,33). The van der Waals surface area contributed by atoms with Gasteiger partial charge in [-0.2, -0.15) is 0 Å². The molecule has 3 aromatic rings. The molecule has 1 N–H and O–H groups in total. The minimum Gasteiger partial charge on any atom is -0.348 e. The Hall–Kier alpha value is -3.05. The lowest BCUT2D eigenvalue weighted by Crippen LogP contribution is -2.35. The van der Waals surface area contributed by atoms with Crippen LogP contribution < -0.4 is 5.32 Å². The van der Waals surface area contributed by atoms with E-state index in [1.165, 1.54) is 16.7 Å². The molecule has 0 atom stereocenters. The summed E-state index contributed by atoms with van der Waals surface area (Å²) in [7, 11) is 0. The number of likely N-dealkylation sites (tertiary alicyclic amines) is 1. The summed E-state index contributed by atoms with van der Waals surface area (Å²) < 4.78 is 0. The lowest BCUT2D eigenvalue weighted by atomic mass is 9.90. The van der Waals surface area contributed by atoms with Crippen LogP contribution in [0, 0.1) is 20.8 Å². The molecule has 1 aliphatic rings. The van der Waals surface area contributed by atoms with Crippen molar-refractivity contribution < 1.29 is 4.79 Å². The summed E-state index contributed by atoms with van der Waals surface area (Å²) >= 11 is 0. The Bertz CT molecular complexity index is 1070. The van der Waals surface area contributed by atoms with Crippen LogP contribution in [0.3, 0.4) is 0 Å².